The first-order chi connectivity index (χ1) is 10.9. The van der Waals surface area contributed by atoms with Crippen LogP contribution in [0.2, 0.25) is 0 Å². The van der Waals surface area contributed by atoms with Gasteiger partial charge in [-0.25, -0.2) is 0 Å². The molecule has 3 fully saturated rings. The zero-order valence-electron chi connectivity index (χ0n) is 13.3. The maximum absolute atomic E-state index is 12.8. The molecule has 1 saturated carbocycles. The highest BCUT2D eigenvalue weighted by Crippen LogP contribution is 2.66. The number of ether oxygens (including phenoxy) is 1. The largest absolute Gasteiger partial charge is 0.459 e. The van der Waals surface area contributed by atoms with Crippen LogP contribution in [-0.4, -0.2) is 23.3 Å². The van der Waals surface area contributed by atoms with Crippen molar-refractivity contribution in [2.24, 2.45) is 17.3 Å². The van der Waals surface area contributed by atoms with E-state index in [-0.39, 0.29) is 29.2 Å². The summed E-state index contributed by atoms with van der Waals surface area (Å²) in [5, 5.41) is 10.7. The summed E-state index contributed by atoms with van der Waals surface area (Å²) in [5.41, 5.74) is 4.00. The molecule has 1 aromatic carbocycles. The van der Waals surface area contributed by atoms with Gasteiger partial charge in [-0.2, -0.15) is 0 Å². The Labute approximate surface area is 134 Å². The number of aliphatic hydroxyl groups is 1. The third kappa shape index (κ3) is 1.38. The van der Waals surface area contributed by atoms with Crippen LogP contribution >= 0.6 is 0 Å². The van der Waals surface area contributed by atoms with Gasteiger partial charge in [-0.3, -0.25) is 9.59 Å². The quantitative estimate of drug-likeness (QED) is 0.737. The van der Waals surface area contributed by atoms with E-state index in [0.717, 1.165) is 17.5 Å². The molecule has 6 atom stereocenters. The molecule has 0 radical (unpaired) electrons. The highest BCUT2D eigenvalue weighted by Gasteiger charge is 2.70. The molecule has 0 amide bonds. The minimum Gasteiger partial charge on any atom is -0.459 e. The van der Waals surface area contributed by atoms with Gasteiger partial charge in [0, 0.05) is 17.8 Å². The zero-order valence-corrected chi connectivity index (χ0v) is 13.3. The van der Waals surface area contributed by atoms with Gasteiger partial charge in [-0.1, -0.05) is 6.92 Å². The molecule has 5 aliphatic rings. The minimum atomic E-state index is -0.610. The number of carbonyl (C=O) groups excluding carboxylic acids is 1. The number of hydrogen-bond donors (Lipinski definition) is 1. The summed E-state index contributed by atoms with van der Waals surface area (Å²) < 4.78 is 5.67. The Morgan fingerprint density at radius 2 is 2.09 bits per heavy atom. The SMILES string of the molecule is Cc1cc(=O)cc2c3c1C[C@@H]1[C@H]4OC(=O)[C@](CC2)([C@H]31)[C@@H](C)[C@@H]4O. The van der Waals surface area contributed by atoms with Gasteiger partial charge in [0.15, 0.2) is 5.43 Å². The van der Waals surface area contributed by atoms with Crippen molar-refractivity contribution >= 4 is 5.97 Å². The first-order valence-corrected chi connectivity index (χ1v) is 8.51. The number of fused-ring (bicyclic) bond motifs is 2. The van der Waals surface area contributed by atoms with Crippen LogP contribution in [0.25, 0.3) is 0 Å². The Balaban J connectivity index is 1.85. The predicted octanol–water partition coefficient (Wildman–Crippen LogP) is 1.48. The van der Waals surface area contributed by atoms with Crippen LogP contribution in [0.1, 0.15) is 41.5 Å². The number of carbonyl (C=O) groups is 1. The summed E-state index contributed by atoms with van der Waals surface area (Å²) in [5.74, 6) is 0.0405. The highest BCUT2D eigenvalue weighted by atomic mass is 16.6. The van der Waals surface area contributed by atoms with E-state index in [1.165, 1.54) is 11.1 Å². The van der Waals surface area contributed by atoms with E-state index in [4.69, 9.17) is 4.74 Å². The molecular formula is C19H20O4. The zero-order chi connectivity index (χ0) is 16.1. The summed E-state index contributed by atoms with van der Waals surface area (Å²) in [6.45, 7) is 3.98. The molecule has 23 heavy (non-hydrogen) atoms. The van der Waals surface area contributed by atoms with Crippen LogP contribution in [0, 0.1) is 24.2 Å². The van der Waals surface area contributed by atoms with Crippen molar-refractivity contribution in [1.82, 2.24) is 0 Å². The molecule has 3 aliphatic carbocycles. The Morgan fingerprint density at radius 1 is 1.30 bits per heavy atom. The number of rotatable bonds is 0. The molecule has 2 heterocycles. The summed E-state index contributed by atoms with van der Waals surface area (Å²) in [6.07, 6.45) is 1.21. The summed E-state index contributed by atoms with van der Waals surface area (Å²) in [7, 11) is 0. The van der Waals surface area contributed by atoms with Gasteiger partial charge in [0.05, 0.1) is 11.5 Å². The number of aryl methyl sites for hydroxylation is 2. The molecule has 120 valence electrons. The molecule has 2 aliphatic heterocycles. The fraction of sp³-hybridized carbons (Fsp3) is 0.579. The second kappa shape index (κ2) is 4.04. The Morgan fingerprint density at radius 3 is 2.87 bits per heavy atom. The molecule has 2 bridgehead atoms. The van der Waals surface area contributed by atoms with E-state index in [0.29, 0.717) is 12.8 Å². The average Bonchev–Trinajstić information content (AvgIpc) is 2.86. The van der Waals surface area contributed by atoms with E-state index in [2.05, 4.69) is 0 Å². The van der Waals surface area contributed by atoms with Crippen LogP contribution in [-0.2, 0) is 22.4 Å². The van der Waals surface area contributed by atoms with Crippen molar-refractivity contribution < 1.29 is 14.6 Å². The average molecular weight is 312 g/mol. The van der Waals surface area contributed by atoms with Crippen LogP contribution in [0.4, 0.5) is 0 Å². The minimum absolute atomic E-state index is 0.0519. The van der Waals surface area contributed by atoms with Crippen molar-refractivity contribution in [2.45, 2.75) is 51.2 Å². The highest BCUT2D eigenvalue weighted by molar-refractivity contribution is 5.83. The summed E-state index contributed by atoms with van der Waals surface area (Å²) in [4.78, 5) is 24.9. The topological polar surface area (TPSA) is 63.6 Å². The van der Waals surface area contributed by atoms with Gasteiger partial charge in [0.2, 0.25) is 0 Å². The lowest BCUT2D eigenvalue weighted by Crippen LogP contribution is -2.67. The lowest BCUT2D eigenvalue weighted by Gasteiger charge is -2.59. The van der Waals surface area contributed by atoms with Crippen molar-refractivity contribution in [3.63, 3.8) is 0 Å². The van der Waals surface area contributed by atoms with Crippen LogP contribution in [0.5, 0.6) is 0 Å². The normalized spacial score (nSPS) is 42.4. The van der Waals surface area contributed by atoms with Gasteiger partial charge >= 0.3 is 5.97 Å². The van der Waals surface area contributed by atoms with Crippen LogP contribution in [0.3, 0.4) is 0 Å². The van der Waals surface area contributed by atoms with Crippen molar-refractivity contribution in [3.05, 3.63) is 44.6 Å². The summed E-state index contributed by atoms with van der Waals surface area (Å²) >= 11 is 0. The van der Waals surface area contributed by atoms with E-state index >= 15 is 0 Å². The second-order valence-electron chi connectivity index (χ2n) is 7.83. The van der Waals surface area contributed by atoms with Crippen molar-refractivity contribution in [2.75, 3.05) is 0 Å². The summed E-state index contributed by atoms with van der Waals surface area (Å²) in [6, 6.07) is 3.47. The van der Waals surface area contributed by atoms with E-state index in [9.17, 15) is 14.7 Å². The van der Waals surface area contributed by atoms with E-state index in [1.807, 2.05) is 13.8 Å². The number of hydrogen-bond acceptors (Lipinski definition) is 4. The molecule has 1 spiro atoms. The smallest absolute Gasteiger partial charge is 0.313 e. The lowest BCUT2D eigenvalue weighted by atomic mass is 9.49. The van der Waals surface area contributed by atoms with Crippen molar-refractivity contribution in [1.29, 1.82) is 0 Å². The molecule has 2 saturated heterocycles. The van der Waals surface area contributed by atoms with E-state index in [1.54, 1.807) is 12.1 Å². The number of aliphatic hydroxyl groups excluding tert-OH is 1. The van der Waals surface area contributed by atoms with Gasteiger partial charge < -0.3 is 9.84 Å². The lowest BCUT2D eigenvalue weighted by molar-refractivity contribution is -0.236. The molecule has 0 unspecified atom stereocenters. The molecule has 1 aromatic rings. The first-order valence-electron chi connectivity index (χ1n) is 8.51. The van der Waals surface area contributed by atoms with Crippen molar-refractivity contribution in [3.8, 4) is 0 Å². The molecule has 1 N–H and O–H groups in total. The molecule has 4 heteroatoms. The fourth-order valence-electron chi connectivity index (χ4n) is 6.03. The molecular weight excluding hydrogens is 292 g/mol. The molecule has 4 nitrogen and oxygen atoms in total. The third-order valence-corrected chi connectivity index (χ3v) is 7.07. The van der Waals surface area contributed by atoms with Crippen LogP contribution in [0.15, 0.2) is 16.9 Å². The Hall–Kier alpha value is -1.68. The van der Waals surface area contributed by atoms with Gasteiger partial charge in [-0.05, 0) is 60.6 Å². The predicted molar refractivity (Wildman–Crippen MR) is 83.2 cm³/mol. The maximum atomic E-state index is 12.8. The maximum Gasteiger partial charge on any atom is 0.313 e. The van der Waals surface area contributed by atoms with Gasteiger partial charge in [-0.15, -0.1) is 0 Å². The Kier molecular flexibility index (Phi) is 2.41. The number of esters is 1. The first kappa shape index (κ1) is 13.7. The Bertz CT molecular complexity index is 814. The van der Waals surface area contributed by atoms with Gasteiger partial charge in [0.25, 0.3) is 0 Å². The molecule has 6 rings (SSSR count). The monoisotopic (exact) mass is 312 g/mol. The second-order valence-corrected chi connectivity index (χ2v) is 7.83. The third-order valence-electron chi connectivity index (χ3n) is 7.07. The van der Waals surface area contributed by atoms with E-state index < -0.39 is 17.6 Å². The molecule has 0 aromatic heterocycles. The van der Waals surface area contributed by atoms with Crippen LogP contribution < -0.4 is 5.43 Å². The van der Waals surface area contributed by atoms with Gasteiger partial charge in [0.1, 0.15) is 6.10 Å². The standard InChI is InChI=1S/C19H20O4/c1-8-5-11(20)6-10-3-4-19-9(2)16(21)17(23-18(19)22)13-7-12(8)14(10)15(13)19/h5-6,9,13,15-17,21H,3-4,7H2,1-2H3/t9-,13-,15-,16-,17+,19-/m0/s1. The fourth-order valence-corrected chi connectivity index (χ4v) is 6.03.